The first-order valence-electron chi connectivity index (χ1n) is 9.16. The zero-order chi connectivity index (χ0) is 18.8. The van der Waals surface area contributed by atoms with Gasteiger partial charge in [-0.25, -0.2) is 9.97 Å². The van der Waals surface area contributed by atoms with Crippen LogP contribution in [0.3, 0.4) is 0 Å². The second kappa shape index (κ2) is 7.78. The summed E-state index contributed by atoms with van der Waals surface area (Å²) in [5, 5.41) is 2.94. The smallest absolute Gasteiger partial charge is 0.228 e. The van der Waals surface area contributed by atoms with E-state index in [0.29, 0.717) is 5.82 Å². The van der Waals surface area contributed by atoms with E-state index in [4.69, 9.17) is 0 Å². The monoisotopic (exact) mass is 427 g/mol. The molecule has 0 unspecified atom stereocenters. The van der Waals surface area contributed by atoms with Crippen LogP contribution >= 0.6 is 15.9 Å². The lowest BCUT2D eigenvalue weighted by Crippen LogP contribution is -2.37. The number of piperidine rings is 1. The zero-order valence-electron chi connectivity index (χ0n) is 15.2. The molecule has 140 valence electrons. The molecule has 1 amide bonds. The van der Waals surface area contributed by atoms with E-state index in [1.165, 1.54) is 0 Å². The van der Waals surface area contributed by atoms with Gasteiger partial charge >= 0.3 is 0 Å². The zero-order valence-corrected chi connectivity index (χ0v) is 16.8. The van der Waals surface area contributed by atoms with Crippen LogP contribution in [-0.2, 0) is 11.3 Å². The van der Waals surface area contributed by atoms with Crippen LogP contribution in [0.4, 0.5) is 5.82 Å². The molecule has 0 aliphatic carbocycles. The molecule has 7 heteroatoms. The van der Waals surface area contributed by atoms with Crippen LogP contribution in [-0.4, -0.2) is 38.3 Å². The maximum absolute atomic E-state index is 12.5. The molecule has 0 spiro atoms. The minimum atomic E-state index is 0.0429. The third-order valence-electron chi connectivity index (χ3n) is 4.97. The van der Waals surface area contributed by atoms with E-state index in [9.17, 15) is 4.79 Å². The molecule has 4 rings (SSSR count). The molecule has 0 aromatic carbocycles. The summed E-state index contributed by atoms with van der Waals surface area (Å²) in [7, 11) is 0. The van der Waals surface area contributed by atoms with E-state index in [-0.39, 0.29) is 11.8 Å². The lowest BCUT2D eigenvalue weighted by atomic mass is 9.96. The largest absolute Gasteiger partial charge is 0.310 e. The number of amides is 1. The minimum absolute atomic E-state index is 0.0429. The Kier molecular flexibility index (Phi) is 5.22. The predicted molar refractivity (Wildman–Crippen MR) is 108 cm³/mol. The van der Waals surface area contributed by atoms with E-state index < -0.39 is 0 Å². The summed E-state index contributed by atoms with van der Waals surface area (Å²) in [5.41, 5.74) is 3.09. The summed E-state index contributed by atoms with van der Waals surface area (Å²) in [6.45, 7) is 4.59. The molecule has 3 aromatic rings. The van der Waals surface area contributed by atoms with Gasteiger partial charge in [-0.2, -0.15) is 0 Å². The normalized spacial score (nSPS) is 15.9. The van der Waals surface area contributed by atoms with Gasteiger partial charge in [-0.15, -0.1) is 0 Å². The molecule has 0 bridgehead atoms. The summed E-state index contributed by atoms with van der Waals surface area (Å²) in [6, 6.07) is 7.81. The molecule has 3 aromatic heterocycles. The van der Waals surface area contributed by atoms with Crippen LogP contribution in [0, 0.1) is 12.8 Å². The number of nitrogens with one attached hydrogen (secondary N) is 1. The van der Waals surface area contributed by atoms with Gasteiger partial charge in [0.1, 0.15) is 11.5 Å². The third kappa shape index (κ3) is 4.36. The van der Waals surface area contributed by atoms with Crippen LogP contribution in [0.5, 0.6) is 0 Å². The molecule has 1 aliphatic rings. The number of imidazole rings is 1. The molecule has 27 heavy (non-hydrogen) atoms. The third-order valence-corrected chi connectivity index (χ3v) is 5.44. The Labute approximate surface area is 166 Å². The first-order chi connectivity index (χ1) is 13.1. The van der Waals surface area contributed by atoms with Crippen molar-refractivity contribution in [2.45, 2.75) is 26.3 Å². The van der Waals surface area contributed by atoms with Crippen molar-refractivity contribution in [3.8, 4) is 0 Å². The average molecular weight is 428 g/mol. The SMILES string of the molecule is Cc1ccc(NC(=O)C2CCN(Cc3cn4cc(Br)ccc4n3)CC2)nc1. The number of aryl methyl sites for hydroxylation is 1. The van der Waals surface area contributed by atoms with Crippen molar-refractivity contribution in [3.63, 3.8) is 0 Å². The van der Waals surface area contributed by atoms with Gasteiger partial charge in [-0.3, -0.25) is 9.69 Å². The van der Waals surface area contributed by atoms with Crippen molar-refractivity contribution in [3.05, 3.63) is 58.6 Å². The maximum Gasteiger partial charge on any atom is 0.228 e. The van der Waals surface area contributed by atoms with Crippen molar-refractivity contribution in [2.75, 3.05) is 18.4 Å². The Morgan fingerprint density at radius 1 is 1.22 bits per heavy atom. The number of halogens is 1. The summed E-state index contributed by atoms with van der Waals surface area (Å²) < 4.78 is 3.07. The number of anilines is 1. The summed E-state index contributed by atoms with van der Waals surface area (Å²) >= 11 is 3.49. The minimum Gasteiger partial charge on any atom is -0.310 e. The molecule has 1 aliphatic heterocycles. The second-order valence-electron chi connectivity index (χ2n) is 7.11. The number of hydrogen-bond donors (Lipinski definition) is 1. The van der Waals surface area contributed by atoms with Gasteiger partial charge in [0.25, 0.3) is 0 Å². The number of hydrogen-bond acceptors (Lipinski definition) is 4. The lowest BCUT2D eigenvalue weighted by Gasteiger charge is -2.30. The maximum atomic E-state index is 12.5. The van der Waals surface area contributed by atoms with Gasteiger partial charge in [-0.1, -0.05) is 6.07 Å². The number of likely N-dealkylation sites (tertiary alicyclic amines) is 1. The van der Waals surface area contributed by atoms with Gasteiger partial charge in [0.05, 0.1) is 5.69 Å². The fourth-order valence-electron chi connectivity index (χ4n) is 3.45. The van der Waals surface area contributed by atoms with E-state index in [2.05, 4.69) is 42.3 Å². The Morgan fingerprint density at radius 2 is 2.04 bits per heavy atom. The summed E-state index contributed by atoms with van der Waals surface area (Å²) in [4.78, 5) is 23.8. The number of pyridine rings is 2. The fourth-order valence-corrected chi connectivity index (χ4v) is 3.80. The highest BCUT2D eigenvalue weighted by atomic mass is 79.9. The molecule has 1 saturated heterocycles. The van der Waals surface area contributed by atoms with E-state index in [0.717, 1.165) is 53.9 Å². The van der Waals surface area contributed by atoms with E-state index in [1.54, 1.807) is 6.20 Å². The molecule has 0 radical (unpaired) electrons. The lowest BCUT2D eigenvalue weighted by molar-refractivity contribution is -0.121. The Morgan fingerprint density at radius 3 is 2.78 bits per heavy atom. The molecule has 6 nitrogen and oxygen atoms in total. The number of carbonyl (C=O) groups is 1. The van der Waals surface area contributed by atoms with E-state index >= 15 is 0 Å². The van der Waals surface area contributed by atoms with Crippen molar-refractivity contribution in [1.82, 2.24) is 19.3 Å². The molecule has 1 fully saturated rings. The second-order valence-corrected chi connectivity index (χ2v) is 8.02. The van der Waals surface area contributed by atoms with Crippen LogP contribution in [0.25, 0.3) is 5.65 Å². The molecular formula is C20H22BrN5O. The number of rotatable bonds is 4. The van der Waals surface area contributed by atoms with Crippen molar-refractivity contribution >= 4 is 33.3 Å². The quantitative estimate of drug-likeness (QED) is 0.689. The van der Waals surface area contributed by atoms with Crippen LogP contribution in [0.1, 0.15) is 24.1 Å². The van der Waals surface area contributed by atoms with Crippen molar-refractivity contribution < 1.29 is 4.79 Å². The molecule has 4 heterocycles. The average Bonchev–Trinajstić information content (AvgIpc) is 3.05. The molecular weight excluding hydrogens is 406 g/mol. The standard InChI is InChI=1S/C20H22BrN5O/c1-14-2-4-18(22-10-14)24-20(27)15-6-8-25(9-7-15)12-17-13-26-11-16(21)3-5-19(26)23-17/h2-5,10-11,13,15H,6-9,12H2,1H3,(H,22,24,27). The highest BCUT2D eigenvalue weighted by Crippen LogP contribution is 2.21. The van der Waals surface area contributed by atoms with Crippen LogP contribution in [0.2, 0.25) is 0 Å². The van der Waals surface area contributed by atoms with Gasteiger partial charge in [-0.05, 0) is 72.5 Å². The number of aromatic nitrogens is 3. The molecule has 0 atom stereocenters. The van der Waals surface area contributed by atoms with Gasteiger partial charge in [0, 0.05) is 35.5 Å². The van der Waals surface area contributed by atoms with Gasteiger partial charge in [0.2, 0.25) is 5.91 Å². The van der Waals surface area contributed by atoms with Gasteiger partial charge < -0.3 is 9.72 Å². The Balaban J connectivity index is 1.31. The van der Waals surface area contributed by atoms with Crippen molar-refractivity contribution in [2.24, 2.45) is 5.92 Å². The highest BCUT2D eigenvalue weighted by Gasteiger charge is 2.25. The Bertz CT molecular complexity index is 945. The van der Waals surface area contributed by atoms with Crippen molar-refractivity contribution in [1.29, 1.82) is 0 Å². The highest BCUT2D eigenvalue weighted by molar-refractivity contribution is 9.10. The number of carbonyl (C=O) groups excluding carboxylic acids is 1. The van der Waals surface area contributed by atoms with E-state index in [1.807, 2.05) is 41.8 Å². The summed E-state index contributed by atoms with van der Waals surface area (Å²) in [5.74, 6) is 0.744. The predicted octanol–water partition coefficient (Wildman–Crippen LogP) is 3.65. The number of nitrogens with zero attached hydrogens (tertiary/aromatic N) is 4. The van der Waals surface area contributed by atoms with Crippen LogP contribution in [0.15, 0.2) is 47.3 Å². The first-order valence-corrected chi connectivity index (χ1v) is 9.95. The Hall–Kier alpha value is -2.25. The fraction of sp³-hybridized carbons (Fsp3) is 0.350. The topological polar surface area (TPSA) is 62.5 Å². The summed E-state index contributed by atoms with van der Waals surface area (Å²) in [6.07, 6.45) is 7.57. The molecule has 0 saturated carbocycles. The van der Waals surface area contributed by atoms with Gasteiger partial charge in [0.15, 0.2) is 0 Å². The van der Waals surface area contributed by atoms with Crippen LogP contribution < -0.4 is 5.32 Å². The number of fused-ring (bicyclic) bond motifs is 1. The molecule has 1 N–H and O–H groups in total. The first kappa shape index (κ1) is 18.1.